The molecular formula is C32H34N6O2+2. The van der Waals surface area contributed by atoms with Gasteiger partial charge in [0.15, 0.2) is 12.4 Å². The molecule has 202 valence electrons. The fourth-order valence-corrected chi connectivity index (χ4v) is 4.66. The van der Waals surface area contributed by atoms with Crippen molar-refractivity contribution in [3.05, 3.63) is 108 Å². The van der Waals surface area contributed by atoms with E-state index in [9.17, 15) is 10.2 Å². The Balaban J connectivity index is 1.28. The minimum atomic E-state index is -0.0727. The SMILES string of the molecule is C[N+]1=C[NH+](CCc2ccc([O-])c(C=Nc3ccccc3N=Cc3cc(CC[NH+]4C=C[N+](C)=C4)ccc3[O-])c2)C=C1. The second-order valence-electron chi connectivity index (χ2n) is 10.1. The summed E-state index contributed by atoms with van der Waals surface area (Å²) in [4.78, 5) is 11.7. The number of hydrogen-bond donors (Lipinski definition) is 2. The maximum absolute atomic E-state index is 12.5. The van der Waals surface area contributed by atoms with Crippen LogP contribution in [0.3, 0.4) is 0 Å². The van der Waals surface area contributed by atoms with Crippen molar-refractivity contribution in [1.82, 2.24) is 0 Å². The van der Waals surface area contributed by atoms with E-state index < -0.39 is 0 Å². The van der Waals surface area contributed by atoms with Crippen LogP contribution in [0.4, 0.5) is 11.4 Å². The van der Waals surface area contributed by atoms with E-state index >= 15 is 0 Å². The van der Waals surface area contributed by atoms with E-state index in [1.165, 1.54) is 9.80 Å². The Bertz CT molecular complexity index is 1450. The first kappa shape index (κ1) is 26.9. The fourth-order valence-electron chi connectivity index (χ4n) is 4.66. The lowest BCUT2D eigenvalue weighted by molar-refractivity contribution is -0.748. The molecular weight excluding hydrogens is 500 g/mol. The van der Waals surface area contributed by atoms with Crippen LogP contribution in [0.1, 0.15) is 22.3 Å². The molecule has 0 radical (unpaired) electrons. The molecule has 2 N–H and O–H groups in total. The predicted octanol–water partition coefficient (Wildman–Crippen LogP) is 0.501. The summed E-state index contributed by atoms with van der Waals surface area (Å²) in [6, 6.07) is 18.2. The number of benzene rings is 3. The number of rotatable bonds is 10. The second kappa shape index (κ2) is 12.5. The Hall–Kier alpha value is -4.66. The van der Waals surface area contributed by atoms with Crippen molar-refractivity contribution in [3.8, 4) is 11.5 Å². The molecule has 0 aromatic heterocycles. The van der Waals surface area contributed by atoms with Crippen LogP contribution in [-0.2, 0) is 12.8 Å². The Morgan fingerprint density at radius 2 is 1.12 bits per heavy atom. The standard InChI is InChI=1S/C32H32N6O2/c1-35-15-17-37(23-35)13-11-25-7-9-31(39)27(19-25)21-33-29-5-3-4-6-30(29)34-22-28-20-26(8-10-32(28)40)12-14-38-18-16-36(2)24-38/h3-10,15-24H,11-14H2,1-2H3/p+2. The van der Waals surface area contributed by atoms with Crippen molar-refractivity contribution in [2.75, 3.05) is 27.2 Å². The first-order valence-electron chi connectivity index (χ1n) is 13.4. The molecule has 3 aromatic rings. The van der Waals surface area contributed by atoms with Crippen LogP contribution in [0.15, 0.2) is 95.4 Å². The molecule has 0 bridgehead atoms. The predicted molar refractivity (Wildman–Crippen MR) is 155 cm³/mol. The maximum Gasteiger partial charge on any atom is 0.335 e. The lowest BCUT2D eigenvalue weighted by atomic mass is 10.1. The van der Waals surface area contributed by atoms with Crippen LogP contribution in [-0.4, -0.2) is 61.4 Å². The monoisotopic (exact) mass is 534 g/mol. The molecule has 40 heavy (non-hydrogen) atoms. The molecule has 0 aliphatic carbocycles. The Morgan fingerprint density at radius 3 is 1.52 bits per heavy atom. The zero-order valence-electron chi connectivity index (χ0n) is 22.8. The highest BCUT2D eigenvalue weighted by atomic mass is 16.3. The molecule has 8 nitrogen and oxygen atoms in total. The second-order valence-corrected chi connectivity index (χ2v) is 10.1. The third-order valence-corrected chi connectivity index (χ3v) is 6.91. The molecule has 0 amide bonds. The molecule has 2 aliphatic heterocycles. The first-order chi connectivity index (χ1) is 19.4. The van der Waals surface area contributed by atoms with Crippen molar-refractivity contribution in [2.45, 2.75) is 12.8 Å². The normalized spacial score (nSPS) is 18.2. The highest BCUT2D eigenvalue weighted by Gasteiger charge is 2.15. The van der Waals surface area contributed by atoms with Gasteiger partial charge in [-0.25, -0.2) is 9.80 Å². The summed E-state index contributed by atoms with van der Waals surface area (Å²) in [6.45, 7) is 1.81. The summed E-state index contributed by atoms with van der Waals surface area (Å²) in [5.74, 6) is -0.145. The van der Waals surface area contributed by atoms with E-state index in [0.29, 0.717) is 22.5 Å². The molecule has 5 rings (SSSR count). The zero-order chi connectivity index (χ0) is 27.9. The van der Waals surface area contributed by atoms with Gasteiger partial charge in [-0.15, -0.1) is 11.5 Å². The lowest BCUT2D eigenvalue weighted by Crippen LogP contribution is -3.06. The quantitative estimate of drug-likeness (QED) is 0.293. The van der Waals surface area contributed by atoms with Crippen LogP contribution in [0.5, 0.6) is 11.5 Å². The Kier molecular flexibility index (Phi) is 8.39. The van der Waals surface area contributed by atoms with Gasteiger partial charge in [-0.1, -0.05) is 48.5 Å². The number of para-hydroxylation sites is 2. The van der Waals surface area contributed by atoms with Gasteiger partial charge in [0.05, 0.1) is 24.5 Å². The molecule has 3 aromatic carbocycles. The van der Waals surface area contributed by atoms with Gasteiger partial charge in [0.25, 0.3) is 0 Å². The van der Waals surface area contributed by atoms with Crippen molar-refractivity contribution in [2.24, 2.45) is 9.98 Å². The van der Waals surface area contributed by atoms with Gasteiger partial charge < -0.3 is 10.2 Å². The summed E-state index contributed by atoms with van der Waals surface area (Å²) < 4.78 is 4.07. The van der Waals surface area contributed by atoms with Crippen molar-refractivity contribution in [1.29, 1.82) is 0 Å². The molecule has 0 spiro atoms. The highest BCUT2D eigenvalue weighted by molar-refractivity contribution is 5.89. The zero-order valence-corrected chi connectivity index (χ0v) is 22.8. The van der Waals surface area contributed by atoms with Crippen molar-refractivity contribution >= 4 is 36.5 Å². The largest absolute Gasteiger partial charge is 0.872 e. The average Bonchev–Trinajstić information content (AvgIpc) is 3.58. The van der Waals surface area contributed by atoms with Gasteiger partial charge in [0, 0.05) is 25.3 Å². The average molecular weight is 535 g/mol. The topological polar surface area (TPSA) is 85.7 Å². The van der Waals surface area contributed by atoms with E-state index in [0.717, 1.165) is 37.1 Å². The van der Waals surface area contributed by atoms with Gasteiger partial charge in [-0.3, -0.25) is 9.98 Å². The minimum Gasteiger partial charge on any atom is -0.872 e. The Labute approximate surface area is 234 Å². The van der Waals surface area contributed by atoms with Gasteiger partial charge >= 0.3 is 12.7 Å². The fraction of sp³-hybridized carbons (Fsp3) is 0.188. The molecule has 0 fully saturated rings. The molecule has 0 saturated heterocycles. The molecule has 2 heterocycles. The van der Waals surface area contributed by atoms with Gasteiger partial charge in [0.1, 0.15) is 14.1 Å². The number of aliphatic imine (C=N–C) groups is 2. The summed E-state index contributed by atoms with van der Waals surface area (Å²) in [5, 5.41) is 25.0. The maximum atomic E-state index is 12.5. The minimum absolute atomic E-state index is 0.0727. The molecule has 2 aliphatic rings. The van der Waals surface area contributed by atoms with Crippen molar-refractivity contribution in [3.63, 3.8) is 0 Å². The van der Waals surface area contributed by atoms with Crippen molar-refractivity contribution < 1.29 is 29.2 Å². The van der Waals surface area contributed by atoms with E-state index in [1.807, 2.05) is 84.2 Å². The number of nitrogens with one attached hydrogen (secondary N) is 2. The summed E-state index contributed by atoms with van der Waals surface area (Å²) in [7, 11) is 4.02. The van der Waals surface area contributed by atoms with E-state index in [4.69, 9.17) is 0 Å². The van der Waals surface area contributed by atoms with E-state index in [-0.39, 0.29) is 11.5 Å². The number of hydrogen-bond acceptors (Lipinski definition) is 4. The smallest absolute Gasteiger partial charge is 0.335 e. The van der Waals surface area contributed by atoms with Gasteiger partial charge in [-0.05, 0) is 34.4 Å². The molecule has 0 saturated carbocycles. The third-order valence-electron chi connectivity index (χ3n) is 6.91. The van der Waals surface area contributed by atoms with Crippen LogP contribution in [0.25, 0.3) is 0 Å². The molecule has 8 heteroatoms. The first-order valence-corrected chi connectivity index (χ1v) is 13.4. The molecule has 2 atom stereocenters. The summed E-state index contributed by atoms with van der Waals surface area (Å²) >= 11 is 0. The van der Waals surface area contributed by atoms with Crippen LogP contribution >= 0.6 is 0 Å². The third kappa shape index (κ3) is 7.05. The highest BCUT2D eigenvalue weighted by Crippen LogP contribution is 2.28. The lowest BCUT2D eigenvalue weighted by Gasteiger charge is -2.13. The van der Waals surface area contributed by atoms with E-state index in [2.05, 4.69) is 35.1 Å². The van der Waals surface area contributed by atoms with Crippen LogP contribution < -0.4 is 20.0 Å². The van der Waals surface area contributed by atoms with Crippen LogP contribution in [0, 0.1) is 0 Å². The summed E-state index contributed by atoms with van der Waals surface area (Å²) in [6.07, 6.45) is 17.4. The number of nitrogens with zero attached hydrogens (tertiary/aromatic N) is 4. The molecule has 2 unspecified atom stereocenters. The summed E-state index contributed by atoms with van der Waals surface area (Å²) in [5.41, 5.74) is 4.51. The van der Waals surface area contributed by atoms with E-state index in [1.54, 1.807) is 24.6 Å². The Morgan fingerprint density at radius 1 is 0.675 bits per heavy atom. The number of quaternary nitrogens is 2. The van der Waals surface area contributed by atoms with Gasteiger partial charge in [-0.2, -0.15) is 9.15 Å². The van der Waals surface area contributed by atoms with Gasteiger partial charge in [0.2, 0.25) is 12.4 Å². The van der Waals surface area contributed by atoms with Crippen LogP contribution in [0.2, 0.25) is 0 Å².